The molecule has 9 heteroatoms. The summed E-state index contributed by atoms with van der Waals surface area (Å²) in [5, 5.41) is 0. The average Bonchev–Trinajstić information content (AvgIpc) is 3.57. The second kappa shape index (κ2) is 10.7. The first-order valence-corrected chi connectivity index (χ1v) is 12.7. The van der Waals surface area contributed by atoms with Gasteiger partial charge in [0.1, 0.15) is 29.8 Å². The molecule has 1 fully saturated rings. The zero-order valence-electron chi connectivity index (χ0n) is 20.8. The van der Waals surface area contributed by atoms with Crippen molar-refractivity contribution in [1.82, 2.24) is 24.4 Å². The molecule has 0 atom stereocenters. The summed E-state index contributed by atoms with van der Waals surface area (Å²) in [4.78, 5) is 16.1. The van der Waals surface area contributed by atoms with Crippen LogP contribution in [0.25, 0.3) is 11.0 Å². The van der Waals surface area contributed by atoms with Crippen LogP contribution >= 0.6 is 0 Å². The van der Waals surface area contributed by atoms with Crippen molar-refractivity contribution in [1.29, 1.82) is 0 Å². The van der Waals surface area contributed by atoms with Crippen LogP contribution in [-0.2, 0) is 19.7 Å². The molecule has 7 nitrogen and oxygen atoms in total. The van der Waals surface area contributed by atoms with Gasteiger partial charge in [0.25, 0.3) is 0 Å². The second-order valence-corrected chi connectivity index (χ2v) is 9.55. The Morgan fingerprint density at radius 1 is 0.947 bits per heavy atom. The van der Waals surface area contributed by atoms with Gasteiger partial charge in [-0.3, -0.25) is 4.90 Å². The Bertz CT molecular complexity index is 1530. The molecule has 0 aliphatic carbocycles. The Morgan fingerprint density at radius 3 is 2.63 bits per heavy atom. The largest absolute Gasteiger partial charge is 0.473 e. The van der Waals surface area contributed by atoms with Crippen LogP contribution in [0, 0.1) is 11.6 Å². The van der Waals surface area contributed by atoms with E-state index in [1.54, 1.807) is 12.3 Å². The number of oxazole rings is 1. The molecule has 0 spiro atoms. The van der Waals surface area contributed by atoms with Gasteiger partial charge in [-0.2, -0.15) is 0 Å². The maximum absolute atomic E-state index is 13.9. The van der Waals surface area contributed by atoms with E-state index in [1.165, 1.54) is 18.5 Å². The number of piperidine rings is 1. The molecule has 0 amide bonds. The van der Waals surface area contributed by atoms with Crippen molar-refractivity contribution in [2.45, 2.75) is 38.5 Å². The first-order chi connectivity index (χ1) is 18.6. The van der Waals surface area contributed by atoms with Crippen molar-refractivity contribution in [3.63, 3.8) is 0 Å². The van der Waals surface area contributed by atoms with Gasteiger partial charge in [-0.15, -0.1) is 0 Å². The van der Waals surface area contributed by atoms with E-state index in [0.717, 1.165) is 66.9 Å². The van der Waals surface area contributed by atoms with E-state index >= 15 is 0 Å². The van der Waals surface area contributed by atoms with Crippen molar-refractivity contribution in [3.8, 4) is 5.88 Å². The zero-order valence-corrected chi connectivity index (χ0v) is 20.8. The van der Waals surface area contributed by atoms with Crippen LogP contribution < -0.4 is 4.74 Å². The summed E-state index contributed by atoms with van der Waals surface area (Å²) in [7, 11) is 0. The van der Waals surface area contributed by atoms with Crippen molar-refractivity contribution >= 4 is 11.0 Å². The van der Waals surface area contributed by atoms with Crippen molar-refractivity contribution in [3.05, 3.63) is 108 Å². The van der Waals surface area contributed by atoms with Crippen LogP contribution in [0.2, 0.25) is 0 Å². The van der Waals surface area contributed by atoms with Crippen LogP contribution in [0.5, 0.6) is 5.88 Å². The summed E-state index contributed by atoms with van der Waals surface area (Å²) in [5.41, 5.74) is 3.31. The van der Waals surface area contributed by atoms with Gasteiger partial charge in [-0.25, -0.2) is 23.7 Å². The lowest BCUT2D eigenvalue weighted by molar-refractivity contribution is 0.196. The number of aromatic nitrogens is 4. The van der Waals surface area contributed by atoms with Gasteiger partial charge >= 0.3 is 0 Å². The smallest absolute Gasteiger partial charge is 0.213 e. The van der Waals surface area contributed by atoms with E-state index in [-0.39, 0.29) is 6.61 Å². The monoisotopic (exact) mass is 515 g/mol. The normalized spacial score (nSPS) is 14.8. The predicted octanol–water partition coefficient (Wildman–Crippen LogP) is 5.70. The van der Waals surface area contributed by atoms with Crippen molar-refractivity contribution < 1.29 is 17.9 Å². The fourth-order valence-corrected chi connectivity index (χ4v) is 5.01. The van der Waals surface area contributed by atoms with Crippen LogP contribution in [0.1, 0.15) is 41.6 Å². The van der Waals surface area contributed by atoms with Crippen LogP contribution in [0.15, 0.2) is 77.7 Å². The molecule has 0 N–H and O–H groups in total. The van der Waals surface area contributed by atoms with Gasteiger partial charge < -0.3 is 13.7 Å². The molecule has 0 saturated carbocycles. The number of imidazole rings is 1. The number of ether oxygens (including phenoxy) is 1. The summed E-state index contributed by atoms with van der Waals surface area (Å²) in [6.45, 7) is 3.17. The molecular formula is C29H27F2N5O2. The van der Waals surface area contributed by atoms with Crippen molar-refractivity contribution in [2.75, 3.05) is 13.1 Å². The summed E-state index contributed by atoms with van der Waals surface area (Å²) in [6.07, 6.45) is 5.12. The zero-order chi connectivity index (χ0) is 25.9. The van der Waals surface area contributed by atoms with E-state index in [2.05, 4.69) is 25.5 Å². The molecule has 2 aromatic carbocycles. The number of para-hydroxylation sites is 2. The highest BCUT2D eigenvalue weighted by molar-refractivity contribution is 5.76. The molecule has 38 heavy (non-hydrogen) atoms. The number of fused-ring (bicyclic) bond motifs is 1. The van der Waals surface area contributed by atoms with Gasteiger partial charge in [-0.1, -0.05) is 18.2 Å². The molecule has 3 aromatic heterocycles. The molecule has 5 aromatic rings. The van der Waals surface area contributed by atoms with Gasteiger partial charge in [0.15, 0.2) is 6.39 Å². The quantitative estimate of drug-likeness (QED) is 0.264. The highest BCUT2D eigenvalue weighted by Crippen LogP contribution is 2.29. The summed E-state index contributed by atoms with van der Waals surface area (Å²) in [6, 6.07) is 17.3. The number of halogens is 2. The highest BCUT2D eigenvalue weighted by atomic mass is 19.1. The van der Waals surface area contributed by atoms with E-state index in [1.807, 2.05) is 30.3 Å². The maximum Gasteiger partial charge on any atom is 0.213 e. The molecule has 0 bridgehead atoms. The van der Waals surface area contributed by atoms with E-state index < -0.39 is 11.6 Å². The fourth-order valence-electron chi connectivity index (χ4n) is 5.01. The first-order valence-electron chi connectivity index (χ1n) is 12.7. The van der Waals surface area contributed by atoms with Crippen LogP contribution in [-0.4, -0.2) is 37.5 Å². The minimum absolute atomic E-state index is 0.00389. The third-order valence-electron chi connectivity index (χ3n) is 7.04. The number of rotatable bonds is 8. The topological polar surface area (TPSA) is 69.2 Å². The minimum atomic E-state index is -0.622. The Balaban J connectivity index is 1.10. The van der Waals surface area contributed by atoms with Gasteiger partial charge in [0.05, 0.1) is 30.3 Å². The molecule has 6 rings (SSSR count). The standard InChI is InChI=1S/C29H27F2N5O2/c30-22-9-8-21(24(31)14-22)18-37-29-7-3-5-25(34-29)20-10-12-35(13-11-20)17-28-33-26-4-1-2-6-27(26)36(28)16-23-15-32-19-38-23/h1-9,14-15,19-20H,10-13,16-18H2. The number of hydrogen-bond donors (Lipinski definition) is 0. The molecule has 194 valence electrons. The molecule has 1 saturated heterocycles. The Kier molecular flexibility index (Phi) is 6.83. The van der Waals surface area contributed by atoms with E-state index in [0.29, 0.717) is 23.9 Å². The number of benzene rings is 2. The minimum Gasteiger partial charge on any atom is -0.473 e. The predicted molar refractivity (Wildman–Crippen MR) is 138 cm³/mol. The SMILES string of the molecule is Fc1ccc(COc2cccc(C3CCN(Cc4nc5ccccc5n4Cc4cnco4)CC3)n2)c(F)c1. The van der Waals surface area contributed by atoms with E-state index in [4.69, 9.17) is 14.1 Å². The summed E-state index contributed by atoms with van der Waals surface area (Å²) in [5.74, 6) is 1.32. The molecule has 0 radical (unpaired) electrons. The average molecular weight is 516 g/mol. The first kappa shape index (κ1) is 24.2. The van der Waals surface area contributed by atoms with Crippen LogP contribution in [0.4, 0.5) is 8.78 Å². The number of nitrogens with zero attached hydrogens (tertiary/aromatic N) is 5. The molecule has 4 heterocycles. The maximum atomic E-state index is 13.9. The van der Waals surface area contributed by atoms with Gasteiger partial charge in [-0.05, 0) is 56.3 Å². The Morgan fingerprint density at radius 2 is 1.82 bits per heavy atom. The van der Waals surface area contributed by atoms with Crippen molar-refractivity contribution in [2.24, 2.45) is 0 Å². The number of likely N-dealkylation sites (tertiary alicyclic amines) is 1. The third-order valence-corrected chi connectivity index (χ3v) is 7.04. The Labute approximate surface area is 218 Å². The molecule has 1 aliphatic rings. The number of pyridine rings is 1. The Hall–Kier alpha value is -4.11. The second-order valence-electron chi connectivity index (χ2n) is 9.55. The lowest BCUT2D eigenvalue weighted by Gasteiger charge is -2.31. The summed E-state index contributed by atoms with van der Waals surface area (Å²) >= 11 is 0. The van der Waals surface area contributed by atoms with E-state index in [9.17, 15) is 8.78 Å². The fraction of sp³-hybridized carbons (Fsp3) is 0.276. The molecular weight excluding hydrogens is 488 g/mol. The third kappa shape index (κ3) is 5.28. The van der Waals surface area contributed by atoms with Gasteiger partial charge in [0.2, 0.25) is 5.88 Å². The highest BCUT2D eigenvalue weighted by Gasteiger charge is 2.24. The lowest BCUT2D eigenvalue weighted by Crippen LogP contribution is -2.33. The van der Waals surface area contributed by atoms with Gasteiger partial charge in [0, 0.05) is 29.3 Å². The number of hydrogen-bond acceptors (Lipinski definition) is 6. The van der Waals surface area contributed by atoms with Crippen LogP contribution in [0.3, 0.4) is 0 Å². The molecule has 0 unspecified atom stereocenters. The summed E-state index contributed by atoms with van der Waals surface area (Å²) < 4.78 is 40.5. The molecule has 1 aliphatic heterocycles. The lowest BCUT2D eigenvalue weighted by atomic mass is 9.93.